The summed E-state index contributed by atoms with van der Waals surface area (Å²) in [6, 6.07) is 4.95. The zero-order valence-corrected chi connectivity index (χ0v) is 39.6. The molecule has 2 heterocycles. The van der Waals surface area contributed by atoms with Gasteiger partial charge in [0.25, 0.3) is 0 Å². The number of nitroso groups, excluding NO2 is 2. The van der Waals surface area contributed by atoms with Crippen molar-refractivity contribution in [3.8, 4) is 0 Å². The van der Waals surface area contributed by atoms with E-state index in [1.54, 1.807) is 53.4 Å². The summed E-state index contributed by atoms with van der Waals surface area (Å²) in [6.45, 7) is 13.1. The highest BCUT2D eigenvalue weighted by Crippen LogP contribution is 2.40. The van der Waals surface area contributed by atoms with Crippen LogP contribution < -0.4 is 10.6 Å². The molecule has 2 amide bonds. The van der Waals surface area contributed by atoms with Crippen molar-refractivity contribution in [2.75, 3.05) is 19.8 Å². The fourth-order valence-corrected chi connectivity index (χ4v) is 10.8. The molecule has 64 heavy (non-hydrogen) atoms. The van der Waals surface area contributed by atoms with Crippen molar-refractivity contribution in [2.45, 2.75) is 171 Å². The Bertz CT molecular complexity index is 1770. The average Bonchev–Trinajstić information content (AvgIpc) is 4.00. The number of likely N-dealkylation sites (tertiary alicyclic amines) is 2. The van der Waals surface area contributed by atoms with Gasteiger partial charge in [-0.15, -0.1) is 9.81 Å². The van der Waals surface area contributed by atoms with E-state index in [0.717, 1.165) is 61.6 Å². The van der Waals surface area contributed by atoms with Gasteiger partial charge in [0.15, 0.2) is 0 Å². The first kappa shape index (κ1) is 52.5. The second kappa shape index (κ2) is 25.0. The summed E-state index contributed by atoms with van der Waals surface area (Å²) in [4.78, 5) is 101. The summed E-state index contributed by atoms with van der Waals surface area (Å²) < 4.78 is 21.8. The van der Waals surface area contributed by atoms with E-state index >= 15 is 0 Å². The molecular formula is C44H66N6O12S2. The fraction of sp³-hybridized carbons (Fsp3) is 0.727. The van der Waals surface area contributed by atoms with Gasteiger partial charge in [-0.2, -0.15) is 0 Å². The molecule has 5 rings (SSSR count). The first-order valence-corrected chi connectivity index (χ1v) is 24.1. The standard InChI is InChI=1S/C24H33N3O6S.C20H33N3O6S/c1-3-33-24(31)21(20(34-26-32)13-16-9-5-4-6-10-16)25-15(2)22(28)27-18-12-8-7-11-17(18)14-19(27)23(29)30;1-6-28-18(25)13-9-10-15(30-22-27)16(13)21-12(2)17(24)23-11-7-8-14(23)19(26)29-20(3,4)5/h4-6,9-10,15,17-21,25H,3,7-8,11-14H2,1-2H3,(H,29,30);12-16,21H,6-11H2,1-5H3/t15-,17?,18?,19-,20?,21?;12-,13?,14-,15?,16?/m00/s1. The molecule has 0 spiro atoms. The maximum absolute atomic E-state index is 13.5. The minimum absolute atomic E-state index is 0.0984. The van der Waals surface area contributed by atoms with E-state index in [-0.39, 0.29) is 48.2 Å². The van der Waals surface area contributed by atoms with Gasteiger partial charge in [-0.25, -0.2) is 9.59 Å². The number of amides is 2. The number of nitrogens with one attached hydrogen (secondary N) is 2. The van der Waals surface area contributed by atoms with Crippen molar-refractivity contribution in [3.63, 3.8) is 0 Å². The second-order valence-electron chi connectivity index (χ2n) is 17.8. The minimum Gasteiger partial charge on any atom is -0.480 e. The van der Waals surface area contributed by atoms with E-state index in [9.17, 15) is 43.7 Å². The number of carboxylic acids is 1. The highest BCUT2D eigenvalue weighted by molar-refractivity contribution is 7.98. The Labute approximate surface area is 384 Å². The van der Waals surface area contributed by atoms with Crippen LogP contribution in [0.4, 0.5) is 0 Å². The van der Waals surface area contributed by atoms with Crippen LogP contribution in [0.2, 0.25) is 0 Å². The molecule has 1 aromatic carbocycles. The van der Waals surface area contributed by atoms with Crippen LogP contribution >= 0.6 is 23.9 Å². The number of ether oxygens (including phenoxy) is 3. The highest BCUT2D eigenvalue weighted by Gasteiger charge is 2.49. The molecule has 0 radical (unpaired) electrons. The monoisotopic (exact) mass is 934 g/mol. The van der Waals surface area contributed by atoms with Crippen molar-refractivity contribution in [1.82, 2.24) is 20.4 Å². The maximum atomic E-state index is 13.5. The van der Waals surface area contributed by atoms with Gasteiger partial charge in [0.1, 0.15) is 23.7 Å². The fourth-order valence-electron chi connectivity index (χ4n) is 9.37. The summed E-state index contributed by atoms with van der Waals surface area (Å²) in [6.07, 6.45) is 7.03. The Morgan fingerprint density at radius 3 is 2.16 bits per heavy atom. The van der Waals surface area contributed by atoms with Crippen LogP contribution in [0.15, 0.2) is 39.5 Å². The lowest BCUT2D eigenvalue weighted by Crippen LogP contribution is -2.57. The molecule has 2 aliphatic heterocycles. The molecule has 20 heteroatoms. The topological polar surface area (TPSA) is 240 Å². The van der Waals surface area contributed by atoms with Gasteiger partial charge in [0, 0.05) is 56.9 Å². The van der Waals surface area contributed by atoms with Crippen molar-refractivity contribution >= 4 is 59.6 Å². The zero-order chi connectivity index (χ0) is 47.1. The summed E-state index contributed by atoms with van der Waals surface area (Å²) >= 11 is 1.61. The van der Waals surface area contributed by atoms with E-state index in [1.807, 2.05) is 30.3 Å². The van der Waals surface area contributed by atoms with Gasteiger partial charge in [0.2, 0.25) is 11.8 Å². The molecular weight excluding hydrogens is 869 g/mol. The average molecular weight is 935 g/mol. The number of carbonyl (C=O) groups excluding carboxylic acids is 5. The third-order valence-electron chi connectivity index (χ3n) is 12.2. The van der Waals surface area contributed by atoms with E-state index < -0.39 is 70.9 Å². The van der Waals surface area contributed by atoms with Gasteiger partial charge in [0.05, 0.1) is 36.5 Å². The molecule has 356 valence electrons. The molecule has 3 N–H and O–H groups in total. The molecule has 4 fully saturated rings. The number of carbonyl (C=O) groups is 6. The van der Waals surface area contributed by atoms with E-state index in [0.29, 0.717) is 38.6 Å². The van der Waals surface area contributed by atoms with Crippen LogP contribution in [0.1, 0.15) is 112 Å². The lowest BCUT2D eigenvalue weighted by Gasteiger charge is -2.36. The van der Waals surface area contributed by atoms with Crippen LogP contribution in [0.25, 0.3) is 0 Å². The minimum atomic E-state index is -1.00. The molecule has 11 atom stereocenters. The highest BCUT2D eigenvalue weighted by atomic mass is 32.2. The number of hydrogen-bond donors (Lipinski definition) is 3. The van der Waals surface area contributed by atoms with Gasteiger partial charge < -0.3 is 34.4 Å². The van der Waals surface area contributed by atoms with Crippen LogP contribution in [0.3, 0.4) is 0 Å². The summed E-state index contributed by atoms with van der Waals surface area (Å²) in [7, 11) is 0. The number of carboxylic acid groups (broad SMARTS) is 1. The molecule has 1 aromatic rings. The van der Waals surface area contributed by atoms with E-state index in [4.69, 9.17) is 14.2 Å². The summed E-state index contributed by atoms with van der Waals surface area (Å²) in [5.41, 5.74) is 0.288. The molecule has 0 aromatic heterocycles. The number of benzene rings is 1. The number of aliphatic carboxylic acids is 1. The van der Waals surface area contributed by atoms with Crippen LogP contribution in [-0.4, -0.2) is 129 Å². The molecule has 0 bridgehead atoms. The summed E-state index contributed by atoms with van der Waals surface area (Å²) in [5, 5.41) is 15.2. The SMILES string of the molecule is CCOC(=O)C(N[C@@H](C)C(=O)N1C2CCCCC2C[C@H]1C(=O)O)C(Cc1ccccc1)SN=O.CCOC(=O)C1CCC(SN=O)C1N[C@@H](C)C(=O)N1CCC[C@H]1C(=O)OC(C)(C)C. The quantitative estimate of drug-likeness (QED) is 0.0663. The zero-order valence-electron chi connectivity index (χ0n) is 38.0. The number of rotatable bonds is 19. The number of hydrogen-bond acceptors (Lipinski definition) is 17. The first-order valence-electron chi connectivity index (χ1n) is 22.4. The molecule has 2 saturated carbocycles. The predicted octanol–water partition coefficient (Wildman–Crippen LogP) is 5.59. The van der Waals surface area contributed by atoms with Gasteiger partial charge in [-0.1, -0.05) is 43.2 Å². The predicted molar refractivity (Wildman–Crippen MR) is 242 cm³/mol. The Balaban J connectivity index is 0.000000283. The van der Waals surface area contributed by atoms with Crippen LogP contribution in [0, 0.1) is 21.6 Å². The van der Waals surface area contributed by atoms with Gasteiger partial charge in [-0.3, -0.25) is 24.5 Å². The molecule has 2 aliphatic carbocycles. The Morgan fingerprint density at radius 2 is 1.53 bits per heavy atom. The second-order valence-corrected chi connectivity index (χ2v) is 19.7. The number of fused-ring (bicyclic) bond motifs is 1. The van der Waals surface area contributed by atoms with E-state index in [1.165, 1.54) is 4.90 Å². The smallest absolute Gasteiger partial charge is 0.329 e. The van der Waals surface area contributed by atoms with Crippen LogP contribution in [-0.2, 0) is 49.4 Å². The number of esters is 3. The number of nitrogens with zero attached hydrogens (tertiary/aromatic N) is 4. The van der Waals surface area contributed by atoms with E-state index in [2.05, 4.69) is 19.8 Å². The van der Waals surface area contributed by atoms with Gasteiger partial charge in [-0.05, 0) is 111 Å². The lowest BCUT2D eigenvalue weighted by atomic mass is 9.84. The van der Waals surface area contributed by atoms with Crippen molar-refractivity contribution in [2.24, 2.45) is 21.0 Å². The maximum Gasteiger partial charge on any atom is 0.329 e. The molecule has 7 unspecified atom stereocenters. The van der Waals surface area contributed by atoms with Crippen molar-refractivity contribution in [3.05, 3.63) is 45.7 Å². The Morgan fingerprint density at radius 1 is 0.844 bits per heavy atom. The molecule has 2 saturated heterocycles. The molecule has 18 nitrogen and oxygen atoms in total. The normalized spacial score (nSPS) is 26.0. The first-order chi connectivity index (χ1) is 30.5. The van der Waals surface area contributed by atoms with Crippen molar-refractivity contribution in [1.29, 1.82) is 0 Å². The van der Waals surface area contributed by atoms with Crippen LogP contribution in [0.5, 0.6) is 0 Å². The van der Waals surface area contributed by atoms with Gasteiger partial charge >= 0.3 is 23.9 Å². The largest absolute Gasteiger partial charge is 0.480 e. The third-order valence-corrected chi connectivity index (χ3v) is 13.9. The third kappa shape index (κ3) is 14.2. The summed E-state index contributed by atoms with van der Waals surface area (Å²) in [5.74, 6) is -3.14. The Kier molecular flexibility index (Phi) is 20.5. The molecule has 4 aliphatic rings. The lowest BCUT2D eigenvalue weighted by molar-refractivity contribution is -0.163. The Hall–Kier alpha value is -4.14. The van der Waals surface area contributed by atoms with Crippen molar-refractivity contribution < 1.29 is 48.1 Å².